The van der Waals surface area contributed by atoms with Gasteiger partial charge in [0.15, 0.2) is 0 Å². The zero-order chi connectivity index (χ0) is 24.5. The zero-order valence-corrected chi connectivity index (χ0v) is 21.3. The number of anilines is 2. The third kappa shape index (κ3) is 6.85. The van der Waals surface area contributed by atoms with Crippen molar-refractivity contribution in [1.29, 1.82) is 0 Å². The summed E-state index contributed by atoms with van der Waals surface area (Å²) in [6.07, 6.45) is 6.08. The number of carbonyl (C=O) groups is 2. The molecule has 5 heteroatoms. The van der Waals surface area contributed by atoms with Gasteiger partial charge in [-0.15, -0.1) is 0 Å². The van der Waals surface area contributed by atoms with E-state index in [9.17, 15) is 9.59 Å². The topological polar surface area (TPSA) is 61.4 Å². The molecular formula is C29H41N3O2. The largest absolute Gasteiger partial charge is 0.371 e. The molecule has 2 amide bonds. The average Bonchev–Trinajstić information content (AvgIpc) is 2.85. The van der Waals surface area contributed by atoms with Crippen LogP contribution in [0.5, 0.6) is 0 Å². The van der Waals surface area contributed by atoms with Crippen molar-refractivity contribution in [2.45, 2.75) is 72.3 Å². The van der Waals surface area contributed by atoms with Crippen LogP contribution in [-0.2, 0) is 4.79 Å². The third-order valence-corrected chi connectivity index (χ3v) is 7.05. The molecule has 1 aliphatic rings. The Morgan fingerprint density at radius 2 is 1.76 bits per heavy atom. The van der Waals surface area contributed by atoms with Gasteiger partial charge in [-0.05, 0) is 62.3 Å². The molecular weight excluding hydrogens is 422 g/mol. The van der Waals surface area contributed by atoms with E-state index in [0.29, 0.717) is 17.2 Å². The van der Waals surface area contributed by atoms with Crippen LogP contribution in [-0.4, -0.2) is 24.9 Å². The van der Waals surface area contributed by atoms with Crippen LogP contribution in [0.3, 0.4) is 0 Å². The molecule has 0 aromatic heterocycles. The van der Waals surface area contributed by atoms with E-state index in [0.717, 1.165) is 62.9 Å². The fourth-order valence-corrected chi connectivity index (χ4v) is 4.64. The van der Waals surface area contributed by atoms with E-state index in [4.69, 9.17) is 0 Å². The fraction of sp³-hybridized carbons (Fsp3) is 0.517. The summed E-state index contributed by atoms with van der Waals surface area (Å²) in [7, 11) is 0. The maximum absolute atomic E-state index is 13.5. The number of hydrogen-bond acceptors (Lipinski definition) is 3. The van der Waals surface area contributed by atoms with Crippen molar-refractivity contribution in [3.63, 3.8) is 0 Å². The van der Waals surface area contributed by atoms with Crippen molar-refractivity contribution in [3.05, 3.63) is 59.7 Å². The predicted octanol–water partition coefficient (Wildman–Crippen LogP) is 6.57. The molecule has 3 rings (SSSR count). The average molecular weight is 464 g/mol. The molecule has 1 heterocycles. The smallest absolute Gasteiger partial charge is 0.253 e. The van der Waals surface area contributed by atoms with Crippen LogP contribution in [0, 0.1) is 11.8 Å². The number of hydrogen-bond donors (Lipinski definition) is 2. The van der Waals surface area contributed by atoms with E-state index in [-0.39, 0.29) is 23.8 Å². The number of nitrogens with zero attached hydrogens (tertiary/aromatic N) is 1. The number of amides is 2. The molecule has 184 valence electrons. The van der Waals surface area contributed by atoms with Crippen LogP contribution in [0.1, 0.15) is 88.2 Å². The predicted molar refractivity (Wildman–Crippen MR) is 141 cm³/mol. The van der Waals surface area contributed by atoms with Gasteiger partial charge in [0.05, 0.1) is 11.6 Å². The SMILES string of the molecule is CCCCC(CC)C(=O)Nc1ccc(N2CCC(C)CC2)c(C(=O)NC(C)c2ccccc2)c1. The highest BCUT2D eigenvalue weighted by molar-refractivity contribution is 6.02. The molecule has 2 aromatic carbocycles. The van der Waals surface area contributed by atoms with Gasteiger partial charge in [-0.2, -0.15) is 0 Å². The molecule has 5 nitrogen and oxygen atoms in total. The summed E-state index contributed by atoms with van der Waals surface area (Å²) in [5.41, 5.74) is 3.32. The summed E-state index contributed by atoms with van der Waals surface area (Å²) in [5, 5.41) is 6.25. The molecule has 2 atom stereocenters. The van der Waals surface area contributed by atoms with E-state index >= 15 is 0 Å². The molecule has 1 aliphatic heterocycles. The molecule has 2 unspecified atom stereocenters. The quantitative estimate of drug-likeness (QED) is 0.419. The first-order valence-corrected chi connectivity index (χ1v) is 13.0. The van der Waals surface area contributed by atoms with Gasteiger partial charge in [-0.3, -0.25) is 9.59 Å². The Kier molecular flexibility index (Phi) is 9.55. The Balaban J connectivity index is 1.84. The monoisotopic (exact) mass is 463 g/mol. The van der Waals surface area contributed by atoms with Crippen LogP contribution in [0.15, 0.2) is 48.5 Å². The molecule has 2 N–H and O–H groups in total. The van der Waals surface area contributed by atoms with E-state index in [2.05, 4.69) is 36.3 Å². The second kappa shape index (κ2) is 12.6. The maximum Gasteiger partial charge on any atom is 0.253 e. The van der Waals surface area contributed by atoms with Crippen LogP contribution >= 0.6 is 0 Å². The summed E-state index contributed by atoms with van der Waals surface area (Å²) in [4.78, 5) is 28.7. The third-order valence-electron chi connectivity index (χ3n) is 7.05. The fourth-order valence-electron chi connectivity index (χ4n) is 4.64. The number of nitrogens with one attached hydrogen (secondary N) is 2. The first kappa shape index (κ1) is 25.8. The van der Waals surface area contributed by atoms with Crippen molar-refractivity contribution in [2.75, 3.05) is 23.3 Å². The number of carbonyl (C=O) groups excluding carboxylic acids is 2. The molecule has 0 spiro atoms. The Labute approximate surface area is 205 Å². The lowest BCUT2D eigenvalue weighted by atomic mass is 9.97. The van der Waals surface area contributed by atoms with Crippen molar-refractivity contribution in [2.24, 2.45) is 11.8 Å². The minimum atomic E-state index is -0.112. The Morgan fingerprint density at radius 1 is 1.06 bits per heavy atom. The maximum atomic E-state index is 13.5. The molecule has 1 saturated heterocycles. The summed E-state index contributed by atoms with van der Waals surface area (Å²) < 4.78 is 0. The second-order valence-corrected chi connectivity index (χ2v) is 9.74. The standard InChI is InChI=1S/C29H41N3O2/c1-5-7-11-23(6-2)28(33)31-25-14-15-27(32-18-16-21(3)17-19-32)26(20-25)29(34)30-22(4)24-12-9-8-10-13-24/h8-10,12-15,20-23H,5-7,11,16-19H2,1-4H3,(H,30,34)(H,31,33). The number of unbranched alkanes of at least 4 members (excludes halogenated alkanes) is 1. The molecule has 2 aromatic rings. The number of benzene rings is 2. The van der Waals surface area contributed by atoms with Crippen molar-refractivity contribution in [3.8, 4) is 0 Å². The second-order valence-electron chi connectivity index (χ2n) is 9.74. The highest BCUT2D eigenvalue weighted by atomic mass is 16.2. The molecule has 0 bridgehead atoms. The minimum absolute atomic E-state index is 0.00131. The van der Waals surface area contributed by atoms with Gasteiger partial charge in [0.2, 0.25) is 5.91 Å². The van der Waals surface area contributed by atoms with Crippen molar-refractivity contribution < 1.29 is 9.59 Å². The Bertz CT molecular complexity index is 936. The van der Waals surface area contributed by atoms with E-state index in [1.165, 1.54) is 0 Å². The Hall–Kier alpha value is -2.82. The summed E-state index contributed by atoms with van der Waals surface area (Å²) in [6.45, 7) is 10.4. The summed E-state index contributed by atoms with van der Waals surface area (Å²) >= 11 is 0. The first-order chi connectivity index (χ1) is 16.4. The van der Waals surface area contributed by atoms with Gasteiger partial charge in [0, 0.05) is 30.4 Å². The summed E-state index contributed by atoms with van der Waals surface area (Å²) in [5.74, 6) is 0.636. The van der Waals surface area contributed by atoms with Gasteiger partial charge in [-0.1, -0.05) is 63.9 Å². The summed E-state index contributed by atoms with van der Waals surface area (Å²) in [6, 6.07) is 15.7. The zero-order valence-electron chi connectivity index (χ0n) is 21.3. The first-order valence-electron chi connectivity index (χ1n) is 13.0. The number of rotatable bonds is 10. The van der Waals surface area contributed by atoms with Crippen LogP contribution < -0.4 is 15.5 Å². The van der Waals surface area contributed by atoms with Crippen LogP contribution in [0.2, 0.25) is 0 Å². The highest BCUT2D eigenvalue weighted by Crippen LogP contribution is 2.30. The molecule has 0 radical (unpaired) electrons. The van der Waals surface area contributed by atoms with Gasteiger partial charge in [0.1, 0.15) is 0 Å². The van der Waals surface area contributed by atoms with E-state index < -0.39 is 0 Å². The Morgan fingerprint density at radius 3 is 2.41 bits per heavy atom. The van der Waals surface area contributed by atoms with E-state index in [1.54, 1.807) is 0 Å². The molecule has 34 heavy (non-hydrogen) atoms. The van der Waals surface area contributed by atoms with Crippen molar-refractivity contribution >= 4 is 23.2 Å². The molecule has 0 saturated carbocycles. The molecule has 1 fully saturated rings. The number of piperidine rings is 1. The lowest BCUT2D eigenvalue weighted by molar-refractivity contribution is -0.120. The van der Waals surface area contributed by atoms with Crippen molar-refractivity contribution in [1.82, 2.24) is 5.32 Å². The van der Waals surface area contributed by atoms with Gasteiger partial charge >= 0.3 is 0 Å². The van der Waals surface area contributed by atoms with Gasteiger partial charge < -0.3 is 15.5 Å². The van der Waals surface area contributed by atoms with E-state index in [1.807, 2.05) is 55.5 Å². The van der Waals surface area contributed by atoms with Crippen LogP contribution in [0.25, 0.3) is 0 Å². The van der Waals surface area contributed by atoms with Crippen LogP contribution in [0.4, 0.5) is 11.4 Å². The van der Waals surface area contributed by atoms with Gasteiger partial charge in [-0.25, -0.2) is 0 Å². The van der Waals surface area contributed by atoms with Gasteiger partial charge in [0.25, 0.3) is 5.91 Å². The minimum Gasteiger partial charge on any atom is -0.371 e. The normalized spacial score (nSPS) is 16.1. The molecule has 0 aliphatic carbocycles. The lowest BCUT2D eigenvalue weighted by Crippen LogP contribution is -2.35. The highest BCUT2D eigenvalue weighted by Gasteiger charge is 2.23. The lowest BCUT2D eigenvalue weighted by Gasteiger charge is -2.33.